The first kappa shape index (κ1) is 21.3. The summed E-state index contributed by atoms with van der Waals surface area (Å²) in [5, 5.41) is 20.7. The number of likely N-dealkylation sites (N-methyl/N-ethyl adjacent to an activating group) is 1. The molecule has 2 aliphatic heterocycles. The second kappa shape index (κ2) is 8.29. The fourth-order valence-corrected chi connectivity index (χ4v) is 4.23. The van der Waals surface area contributed by atoms with Crippen molar-refractivity contribution < 1.29 is 19.7 Å². The number of benzene rings is 1. The summed E-state index contributed by atoms with van der Waals surface area (Å²) in [7, 11) is 3.65. The fourth-order valence-electron chi connectivity index (χ4n) is 4.23. The molecule has 0 aliphatic carbocycles. The van der Waals surface area contributed by atoms with Gasteiger partial charge in [0.05, 0.1) is 0 Å². The van der Waals surface area contributed by atoms with Crippen LogP contribution in [0.1, 0.15) is 23.8 Å². The molecule has 2 aliphatic rings. The average molecular weight is 430 g/mol. The summed E-state index contributed by atoms with van der Waals surface area (Å²) in [4.78, 5) is 41.9. The lowest BCUT2D eigenvalue weighted by Gasteiger charge is -2.28. The number of rotatable bonds is 4. The van der Waals surface area contributed by atoms with Crippen LogP contribution in [-0.2, 0) is 22.5 Å². The van der Waals surface area contributed by atoms with Crippen molar-refractivity contribution in [2.75, 3.05) is 25.5 Å². The van der Waals surface area contributed by atoms with Crippen LogP contribution in [0.5, 0.6) is 0 Å². The molecule has 31 heavy (non-hydrogen) atoms. The highest BCUT2D eigenvalue weighted by Crippen LogP contribution is 2.30. The van der Waals surface area contributed by atoms with Gasteiger partial charge < -0.3 is 24.7 Å². The van der Waals surface area contributed by atoms with E-state index in [0.29, 0.717) is 6.54 Å². The third-order valence-corrected chi connectivity index (χ3v) is 5.90. The van der Waals surface area contributed by atoms with E-state index in [1.165, 1.54) is 16.2 Å². The van der Waals surface area contributed by atoms with Gasteiger partial charge in [0.25, 0.3) is 11.5 Å². The fraction of sp³-hybridized carbons (Fsp3) is 0.476. The van der Waals surface area contributed by atoms with Crippen LogP contribution in [0.25, 0.3) is 0 Å². The highest BCUT2D eigenvalue weighted by Gasteiger charge is 2.48. The van der Waals surface area contributed by atoms with Crippen molar-refractivity contribution >= 4 is 11.6 Å². The number of hydrogen-bond acceptors (Lipinski definition) is 7. The Morgan fingerprint density at radius 3 is 2.77 bits per heavy atom. The average Bonchev–Trinajstić information content (AvgIpc) is 3.02. The summed E-state index contributed by atoms with van der Waals surface area (Å²) in [6, 6.07) is 7.19. The van der Waals surface area contributed by atoms with Gasteiger partial charge in [-0.05, 0) is 30.0 Å². The molecule has 1 amide bonds. The number of aryl methyl sites for hydroxylation is 1. The Morgan fingerprint density at radius 1 is 1.26 bits per heavy atom. The summed E-state index contributed by atoms with van der Waals surface area (Å²) in [6.45, 7) is 1.32. The monoisotopic (exact) mass is 430 g/mol. The molecular formula is C21H26N4O6. The van der Waals surface area contributed by atoms with Crippen LogP contribution in [0, 0.1) is 0 Å². The van der Waals surface area contributed by atoms with Crippen molar-refractivity contribution in [2.45, 2.75) is 43.9 Å². The maximum Gasteiger partial charge on any atom is 0.330 e. The number of amides is 1. The van der Waals surface area contributed by atoms with Gasteiger partial charge in [0.1, 0.15) is 12.2 Å². The minimum absolute atomic E-state index is 0.307. The number of nitrogens with one attached hydrogen (secondary N) is 1. The zero-order valence-electron chi connectivity index (χ0n) is 17.4. The molecule has 0 radical (unpaired) electrons. The molecule has 10 heteroatoms. The van der Waals surface area contributed by atoms with Crippen molar-refractivity contribution in [1.29, 1.82) is 0 Å². The number of ether oxygens (including phenoxy) is 1. The molecule has 3 N–H and O–H groups in total. The third-order valence-electron chi connectivity index (χ3n) is 5.90. The zero-order valence-corrected chi connectivity index (χ0v) is 17.4. The molecule has 0 unspecified atom stereocenters. The Kier molecular flexibility index (Phi) is 5.69. The molecule has 1 aromatic heterocycles. The maximum atomic E-state index is 12.9. The SMILES string of the molecule is CN(Cc1ccc2c(c1)CCCN2C)C(=O)[C@H]1O[C@@H](n2ccc(=O)[nH]c2=O)[C@H](O)[C@@H]1O. The van der Waals surface area contributed by atoms with Gasteiger partial charge in [-0.25, -0.2) is 4.79 Å². The summed E-state index contributed by atoms with van der Waals surface area (Å²) < 4.78 is 6.51. The second-order valence-electron chi connectivity index (χ2n) is 8.13. The molecule has 1 aromatic carbocycles. The van der Waals surface area contributed by atoms with Gasteiger partial charge in [0, 0.05) is 45.1 Å². The normalized spacial score (nSPS) is 25.4. The van der Waals surface area contributed by atoms with Crippen molar-refractivity contribution in [3.05, 3.63) is 62.4 Å². The van der Waals surface area contributed by atoms with E-state index in [2.05, 4.69) is 23.0 Å². The number of aromatic amines is 1. The standard InChI is InChI=1S/C21H26N4O6/c1-23-8-3-4-13-10-12(5-6-14(13)23)11-24(2)19(29)18-16(27)17(28)20(31-18)25-9-7-15(26)22-21(25)30/h5-7,9-10,16-18,20,27-28H,3-4,8,11H2,1-2H3,(H,22,26,30)/t16-,17+,18-,20+/m0/s1. The molecular weight excluding hydrogens is 404 g/mol. The van der Waals surface area contributed by atoms with E-state index in [0.717, 1.165) is 41.8 Å². The third kappa shape index (κ3) is 4.01. The molecule has 0 saturated carbocycles. The Bertz CT molecular complexity index is 1100. The molecule has 0 spiro atoms. The first-order chi connectivity index (χ1) is 14.8. The van der Waals surface area contributed by atoms with E-state index < -0.39 is 41.7 Å². The molecule has 166 valence electrons. The summed E-state index contributed by atoms with van der Waals surface area (Å²) >= 11 is 0. The van der Waals surface area contributed by atoms with E-state index in [-0.39, 0.29) is 0 Å². The van der Waals surface area contributed by atoms with E-state index in [4.69, 9.17) is 4.74 Å². The van der Waals surface area contributed by atoms with Crippen molar-refractivity contribution in [2.24, 2.45) is 0 Å². The number of aliphatic hydroxyl groups is 2. The number of aliphatic hydroxyl groups excluding tert-OH is 2. The zero-order chi connectivity index (χ0) is 22.3. The predicted octanol–water partition coefficient (Wildman–Crippen LogP) is -0.803. The molecule has 1 fully saturated rings. The lowest BCUT2D eigenvalue weighted by molar-refractivity contribution is -0.148. The van der Waals surface area contributed by atoms with E-state index in [9.17, 15) is 24.6 Å². The quantitative estimate of drug-likeness (QED) is 0.579. The number of fused-ring (bicyclic) bond motifs is 1. The molecule has 1 saturated heterocycles. The largest absolute Gasteiger partial charge is 0.387 e. The van der Waals surface area contributed by atoms with E-state index >= 15 is 0 Å². The van der Waals surface area contributed by atoms with Gasteiger partial charge in [0.15, 0.2) is 12.3 Å². The van der Waals surface area contributed by atoms with Crippen molar-refractivity contribution in [1.82, 2.24) is 14.5 Å². The lowest BCUT2D eigenvalue weighted by Crippen LogP contribution is -2.43. The lowest BCUT2D eigenvalue weighted by atomic mass is 9.99. The van der Waals surface area contributed by atoms with Crippen LogP contribution >= 0.6 is 0 Å². The number of aromatic nitrogens is 2. The van der Waals surface area contributed by atoms with Gasteiger partial charge in [-0.1, -0.05) is 12.1 Å². The Labute approximate surface area is 178 Å². The van der Waals surface area contributed by atoms with Gasteiger partial charge in [-0.3, -0.25) is 19.1 Å². The Hall–Kier alpha value is -2.95. The summed E-state index contributed by atoms with van der Waals surface area (Å²) in [5.74, 6) is -0.513. The van der Waals surface area contributed by atoms with Gasteiger partial charge in [0.2, 0.25) is 0 Å². The molecule has 0 bridgehead atoms. The maximum absolute atomic E-state index is 12.9. The topological polar surface area (TPSA) is 128 Å². The highest BCUT2D eigenvalue weighted by molar-refractivity contribution is 5.81. The van der Waals surface area contributed by atoms with Crippen molar-refractivity contribution in [3.8, 4) is 0 Å². The molecule has 10 nitrogen and oxygen atoms in total. The Balaban J connectivity index is 1.48. The number of anilines is 1. The minimum Gasteiger partial charge on any atom is -0.387 e. The summed E-state index contributed by atoms with van der Waals surface area (Å²) in [5.41, 5.74) is 1.97. The van der Waals surface area contributed by atoms with Gasteiger partial charge in [-0.2, -0.15) is 0 Å². The highest BCUT2D eigenvalue weighted by atomic mass is 16.6. The number of nitrogens with zero attached hydrogens (tertiary/aromatic N) is 3. The van der Waals surface area contributed by atoms with Crippen LogP contribution in [-0.4, -0.2) is 69.5 Å². The van der Waals surface area contributed by atoms with Crippen LogP contribution in [0.4, 0.5) is 5.69 Å². The molecule has 4 rings (SSSR count). The first-order valence-corrected chi connectivity index (χ1v) is 10.2. The number of H-pyrrole nitrogens is 1. The minimum atomic E-state index is -1.52. The van der Waals surface area contributed by atoms with Gasteiger partial charge >= 0.3 is 5.69 Å². The summed E-state index contributed by atoms with van der Waals surface area (Å²) in [6.07, 6.45) is -2.44. The molecule has 3 heterocycles. The van der Waals surface area contributed by atoms with E-state index in [1.807, 2.05) is 12.1 Å². The molecule has 2 aromatic rings. The van der Waals surface area contributed by atoms with Crippen LogP contribution < -0.4 is 16.1 Å². The van der Waals surface area contributed by atoms with Crippen LogP contribution in [0.3, 0.4) is 0 Å². The van der Waals surface area contributed by atoms with Crippen LogP contribution in [0.15, 0.2) is 40.1 Å². The van der Waals surface area contributed by atoms with Gasteiger partial charge in [-0.15, -0.1) is 0 Å². The van der Waals surface area contributed by atoms with E-state index in [1.54, 1.807) is 7.05 Å². The number of hydrogen-bond donors (Lipinski definition) is 3. The number of carbonyl (C=O) groups is 1. The smallest absolute Gasteiger partial charge is 0.330 e. The number of carbonyl (C=O) groups excluding carboxylic acids is 1. The van der Waals surface area contributed by atoms with Crippen molar-refractivity contribution in [3.63, 3.8) is 0 Å². The first-order valence-electron chi connectivity index (χ1n) is 10.2. The molecule has 4 atom stereocenters. The second-order valence-corrected chi connectivity index (χ2v) is 8.13. The van der Waals surface area contributed by atoms with Crippen LogP contribution in [0.2, 0.25) is 0 Å². The Morgan fingerprint density at radius 2 is 2.03 bits per heavy atom. The predicted molar refractivity (Wildman–Crippen MR) is 112 cm³/mol.